The van der Waals surface area contributed by atoms with E-state index in [1.807, 2.05) is 75.4 Å². The molecule has 1 aliphatic rings. The van der Waals surface area contributed by atoms with Gasteiger partial charge in [0.05, 0.1) is 21.8 Å². The Bertz CT molecular complexity index is 1860. The lowest BCUT2D eigenvalue weighted by Crippen LogP contribution is -2.43. The maximum absolute atomic E-state index is 14.1. The van der Waals surface area contributed by atoms with Crippen LogP contribution in [-0.4, -0.2) is 35.1 Å². The number of allylic oxidation sites excluding steroid dienone is 1. The first-order valence-electron chi connectivity index (χ1n) is 13.0. The van der Waals surface area contributed by atoms with Gasteiger partial charge in [-0.2, -0.15) is 0 Å². The van der Waals surface area contributed by atoms with E-state index in [1.165, 1.54) is 11.3 Å². The molecule has 5 rings (SSSR count). The van der Waals surface area contributed by atoms with Crippen LogP contribution in [-0.2, 0) is 4.79 Å². The molecule has 0 saturated carbocycles. The molecule has 0 bridgehead atoms. The minimum atomic E-state index is -0.645. The van der Waals surface area contributed by atoms with Gasteiger partial charge in [-0.25, -0.2) is 4.99 Å². The Kier molecular flexibility index (Phi) is 7.92. The molecule has 0 aliphatic carbocycles. The second kappa shape index (κ2) is 11.5. The summed E-state index contributed by atoms with van der Waals surface area (Å²) in [6, 6.07) is 18.3. The zero-order chi connectivity index (χ0) is 28.4. The largest absolute Gasteiger partial charge is 0.480 e. The molecule has 1 amide bonds. The molecule has 40 heavy (non-hydrogen) atoms. The number of benzene rings is 3. The summed E-state index contributed by atoms with van der Waals surface area (Å²) in [4.78, 5) is 34.9. The van der Waals surface area contributed by atoms with Crippen LogP contribution in [0.4, 0.5) is 0 Å². The van der Waals surface area contributed by atoms with Gasteiger partial charge in [-0.1, -0.05) is 71.3 Å². The van der Waals surface area contributed by atoms with Gasteiger partial charge in [0.15, 0.2) is 4.80 Å². The van der Waals surface area contributed by atoms with Crippen LogP contribution in [0.15, 0.2) is 81.7 Å². The summed E-state index contributed by atoms with van der Waals surface area (Å²) in [7, 11) is 0. The highest BCUT2D eigenvalue weighted by atomic mass is 35.5. The smallest absolute Gasteiger partial charge is 0.271 e. The van der Waals surface area contributed by atoms with Gasteiger partial charge in [0.25, 0.3) is 11.5 Å². The van der Waals surface area contributed by atoms with E-state index in [1.54, 1.807) is 21.6 Å². The normalized spacial score (nSPS) is 15.0. The van der Waals surface area contributed by atoms with E-state index >= 15 is 0 Å². The monoisotopic (exact) mass is 569 g/mol. The maximum Gasteiger partial charge on any atom is 0.271 e. The number of ether oxygens (including phenoxy) is 1. The zero-order valence-corrected chi connectivity index (χ0v) is 24.1. The summed E-state index contributed by atoms with van der Waals surface area (Å²) in [5.74, 6) is 2.96. The average molecular weight is 570 g/mol. The van der Waals surface area contributed by atoms with Crippen molar-refractivity contribution in [2.75, 3.05) is 19.7 Å². The van der Waals surface area contributed by atoms with E-state index in [4.69, 9.17) is 27.8 Å². The third-order valence-electron chi connectivity index (χ3n) is 7.01. The second-order valence-corrected chi connectivity index (χ2v) is 10.7. The van der Waals surface area contributed by atoms with E-state index in [9.17, 15) is 9.59 Å². The van der Waals surface area contributed by atoms with Gasteiger partial charge < -0.3 is 9.64 Å². The summed E-state index contributed by atoms with van der Waals surface area (Å²) >= 11 is 7.48. The number of amides is 1. The predicted octanol–water partition coefficient (Wildman–Crippen LogP) is 4.92. The number of likely N-dealkylation sites (N-methyl/N-ethyl adjacent to an activating group) is 1. The first kappa shape index (κ1) is 27.4. The van der Waals surface area contributed by atoms with Gasteiger partial charge in [0.1, 0.15) is 12.4 Å². The second-order valence-electron chi connectivity index (χ2n) is 9.30. The van der Waals surface area contributed by atoms with Gasteiger partial charge in [-0.15, -0.1) is 6.42 Å². The average Bonchev–Trinajstić information content (AvgIpc) is 3.26. The fraction of sp³-hybridized carbons (Fsp3) is 0.219. The summed E-state index contributed by atoms with van der Waals surface area (Å²) in [5, 5.41) is 2.52. The molecule has 1 aliphatic heterocycles. The van der Waals surface area contributed by atoms with Crippen molar-refractivity contribution >= 4 is 45.7 Å². The number of hydrogen-bond donors (Lipinski definition) is 0. The number of rotatable bonds is 7. The zero-order valence-electron chi connectivity index (χ0n) is 22.5. The lowest BCUT2D eigenvalue weighted by atomic mass is 9.94. The highest BCUT2D eigenvalue weighted by Gasteiger charge is 2.34. The first-order chi connectivity index (χ1) is 19.4. The number of carbonyl (C=O) groups is 1. The number of nitrogens with zero attached hydrogens (tertiary/aromatic N) is 3. The Hall–Kier alpha value is -4.12. The fourth-order valence-electron chi connectivity index (χ4n) is 5.04. The van der Waals surface area contributed by atoms with E-state index < -0.39 is 6.04 Å². The molecule has 0 saturated heterocycles. The highest BCUT2D eigenvalue weighted by Crippen LogP contribution is 2.32. The molecule has 1 atom stereocenters. The van der Waals surface area contributed by atoms with Crippen molar-refractivity contribution in [1.82, 2.24) is 9.47 Å². The maximum atomic E-state index is 14.1. The van der Waals surface area contributed by atoms with Crippen LogP contribution in [0, 0.1) is 12.3 Å². The van der Waals surface area contributed by atoms with Crippen molar-refractivity contribution in [3.63, 3.8) is 0 Å². The predicted molar refractivity (Wildman–Crippen MR) is 161 cm³/mol. The molecular formula is C32H28ClN3O3S. The Balaban J connectivity index is 1.77. The van der Waals surface area contributed by atoms with Crippen molar-refractivity contribution in [2.24, 2.45) is 4.99 Å². The number of carbonyl (C=O) groups excluding carboxylic acids is 1. The Morgan fingerprint density at radius 2 is 1.88 bits per heavy atom. The van der Waals surface area contributed by atoms with E-state index in [2.05, 4.69) is 5.92 Å². The number of fused-ring (bicyclic) bond motifs is 2. The van der Waals surface area contributed by atoms with Gasteiger partial charge in [-0.3, -0.25) is 14.2 Å². The number of hydrogen-bond acceptors (Lipinski definition) is 5. The molecule has 0 fully saturated rings. The van der Waals surface area contributed by atoms with Crippen molar-refractivity contribution in [3.05, 3.63) is 108 Å². The molecule has 8 heteroatoms. The molecule has 202 valence electrons. The quantitative estimate of drug-likeness (QED) is 0.297. The topological polar surface area (TPSA) is 63.9 Å². The molecule has 0 spiro atoms. The van der Waals surface area contributed by atoms with Crippen LogP contribution >= 0.6 is 22.9 Å². The Labute approximate surface area is 241 Å². The van der Waals surface area contributed by atoms with Crippen LogP contribution in [0.3, 0.4) is 0 Å². The first-order valence-corrected chi connectivity index (χ1v) is 14.2. The lowest BCUT2D eigenvalue weighted by molar-refractivity contribution is -0.127. The van der Waals surface area contributed by atoms with E-state index in [0.29, 0.717) is 44.5 Å². The molecule has 0 unspecified atom stereocenters. The molecule has 2 heterocycles. The van der Waals surface area contributed by atoms with Gasteiger partial charge in [-0.05, 0) is 61.4 Å². The van der Waals surface area contributed by atoms with E-state index in [-0.39, 0.29) is 18.1 Å². The molecule has 0 radical (unpaired) electrons. The van der Waals surface area contributed by atoms with Gasteiger partial charge >= 0.3 is 0 Å². The van der Waals surface area contributed by atoms with Crippen molar-refractivity contribution in [3.8, 4) is 18.1 Å². The SMILES string of the molecule is C#CCOc1ccc2ccccc2c1/C=c1/sc2n(c1=O)[C@@H](c1ccc(Cl)cc1)C(C(=O)N(CC)CC)=C(C)N=2. The molecule has 0 N–H and O–H groups in total. The summed E-state index contributed by atoms with van der Waals surface area (Å²) in [6.45, 7) is 6.90. The van der Waals surface area contributed by atoms with Crippen LogP contribution in [0.5, 0.6) is 5.75 Å². The molecule has 1 aromatic heterocycles. The fourth-order valence-corrected chi connectivity index (χ4v) is 6.19. The summed E-state index contributed by atoms with van der Waals surface area (Å²) in [5.41, 5.74) is 2.37. The van der Waals surface area contributed by atoms with Crippen LogP contribution in [0.2, 0.25) is 5.02 Å². The Morgan fingerprint density at radius 1 is 1.15 bits per heavy atom. The van der Waals surface area contributed by atoms with Crippen molar-refractivity contribution in [2.45, 2.75) is 26.8 Å². The summed E-state index contributed by atoms with van der Waals surface area (Å²) < 4.78 is 7.96. The van der Waals surface area contributed by atoms with Crippen LogP contribution in [0.1, 0.15) is 37.9 Å². The summed E-state index contributed by atoms with van der Waals surface area (Å²) in [6.07, 6.45) is 7.30. The van der Waals surface area contributed by atoms with Crippen LogP contribution < -0.4 is 19.6 Å². The van der Waals surface area contributed by atoms with Crippen LogP contribution in [0.25, 0.3) is 16.8 Å². The van der Waals surface area contributed by atoms with E-state index in [0.717, 1.165) is 21.9 Å². The third-order valence-corrected chi connectivity index (χ3v) is 8.24. The third kappa shape index (κ3) is 4.97. The molecule has 3 aromatic carbocycles. The number of terminal acetylenes is 1. The number of thiazole rings is 1. The molecular weight excluding hydrogens is 542 g/mol. The van der Waals surface area contributed by atoms with Crippen molar-refractivity contribution in [1.29, 1.82) is 0 Å². The minimum Gasteiger partial charge on any atom is -0.480 e. The highest BCUT2D eigenvalue weighted by molar-refractivity contribution is 7.07. The molecule has 4 aromatic rings. The van der Waals surface area contributed by atoms with Gasteiger partial charge in [0.2, 0.25) is 0 Å². The number of aromatic nitrogens is 1. The van der Waals surface area contributed by atoms with Crippen molar-refractivity contribution < 1.29 is 9.53 Å². The lowest BCUT2D eigenvalue weighted by Gasteiger charge is -2.29. The standard InChI is InChI=1S/C32H28ClN3O3S/c1-5-18-39-26-17-14-21-10-8-9-11-24(21)25(26)19-27-30(37)36-29(22-12-15-23(33)16-13-22)28(20(4)34-32(36)40-27)31(38)35(6-2)7-3/h1,8-17,19,29H,6-7,18H2,2-4H3/b27-19+/t29-/m0/s1. The molecule has 6 nitrogen and oxygen atoms in total. The minimum absolute atomic E-state index is 0.104. The number of halogens is 1. The Morgan fingerprint density at radius 3 is 2.58 bits per heavy atom. The van der Waals surface area contributed by atoms with Gasteiger partial charge in [0, 0.05) is 23.7 Å².